The predicted octanol–water partition coefficient (Wildman–Crippen LogP) is 5.08. The molecule has 25 heavy (non-hydrogen) atoms. The zero-order valence-corrected chi connectivity index (χ0v) is 14.3. The molecular weight excluding hydrogens is 340 g/mol. The number of allylic oxidation sites excluding steroid dienone is 1. The first-order valence-electron chi connectivity index (χ1n) is 7.90. The molecule has 2 aromatic rings. The van der Waals surface area contributed by atoms with Crippen molar-refractivity contribution < 1.29 is 8.78 Å². The van der Waals surface area contributed by atoms with Crippen molar-refractivity contribution in [3.63, 3.8) is 0 Å². The van der Waals surface area contributed by atoms with Gasteiger partial charge in [0.1, 0.15) is 11.6 Å². The summed E-state index contributed by atoms with van der Waals surface area (Å²) in [6.07, 6.45) is 0.561. The number of thioether (sulfide) groups is 1. The van der Waals surface area contributed by atoms with Crippen LogP contribution in [0, 0.1) is 11.6 Å². The number of hydrazone groups is 1. The number of rotatable bonds is 2. The monoisotopic (exact) mass is 355 g/mol. The van der Waals surface area contributed by atoms with E-state index in [1.165, 1.54) is 36.0 Å². The minimum Gasteiger partial charge on any atom is -0.252 e. The molecule has 0 N–H and O–H groups in total. The van der Waals surface area contributed by atoms with Crippen LogP contribution in [0.3, 0.4) is 0 Å². The van der Waals surface area contributed by atoms with Crippen LogP contribution >= 0.6 is 11.8 Å². The highest BCUT2D eigenvalue weighted by Crippen LogP contribution is 2.34. The van der Waals surface area contributed by atoms with Crippen LogP contribution in [0.25, 0.3) is 0 Å². The Kier molecular flexibility index (Phi) is 4.13. The first-order valence-corrected chi connectivity index (χ1v) is 8.78. The van der Waals surface area contributed by atoms with Crippen molar-refractivity contribution in [3.8, 4) is 0 Å². The van der Waals surface area contributed by atoms with E-state index in [0.29, 0.717) is 6.42 Å². The molecule has 2 aliphatic rings. The summed E-state index contributed by atoms with van der Waals surface area (Å²) in [6.45, 7) is 1.97. The van der Waals surface area contributed by atoms with Gasteiger partial charge in [0.05, 0.1) is 11.8 Å². The van der Waals surface area contributed by atoms with Gasteiger partial charge in [0.15, 0.2) is 5.17 Å². The quantitative estimate of drug-likeness (QED) is 0.751. The standard InChI is InChI=1S/C19H15F2N3S/c1-12-11-25-19-22-17(13-2-6-15(20)7-3-13)10-18(23-24(12)19)14-4-8-16(21)9-5-14/h2-9,11,17H,10H2,1H3. The molecular formula is C19H15F2N3S. The number of nitrogens with zero attached hydrogens (tertiary/aromatic N) is 3. The van der Waals surface area contributed by atoms with Gasteiger partial charge in [0, 0.05) is 17.5 Å². The number of hydrogen-bond donors (Lipinski definition) is 0. The Morgan fingerprint density at radius 3 is 2.32 bits per heavy atom. The SMILES string of the molecule is CC1=CSC2=NC(c3ccc(F)cc3)CC(c3ccc(F)cc3)=NN12. The largest absolute Gasteiger partial charge is 0.252 e. The van der Waals surface area contributed by atoms with E-state index < -0.39 is 0 Å². The van der Waals surface area contributed by atoms with Crippen LogP contribution in [0.4, 0.5) is 8.78 Å². The lowest BCUT2D eigenvalue weighted by Crippen LogP contribution is -2.17. The third-order valence-electron chi connectivity index (χ3n) is 4.16. The molecule has 0 aliphatic carbocycles. The van der Waals surface area contributed by atoms with Gasteiger partial charge in [-0.15, -0.1) is 0 Å². The minimum atomic E-state index is -0.280. The highest BCUT2D eigenvalue weighted by molar-refractivity contribution is 8.16. The Labute approximate surface area is 148 Å². The molecule has 0 spiro atoms. The second kappa shape index (κ2) is 6.44. The third-order valence-corrected chi connectivity index (χ3v) is 5.10. The summed E-state index contributed by atoms with van der Waals surface area (Å²) in [5.41, 5.74) is 3.59. The highest BCUT2D eigenvalue weighted by Gasteiger charge is 2.27. The van der Waals surface area contributed by atoms with Crippen molar-refractivity contribution in [2.24, 2.45) is 10.1 Å². The summed E-state index contributed by atoms with van der Waals surface area (Å²) in [4.78, 5) is 4.82. The Morgan fingerprint density at radius 1 is 1.00 bits per heavy atom. The Balaban J connectivity index is 1.76. The third kappa shape index (κ3) is 3.22. The fraction of sp³-hybridized carbons (Fsp3) is 0.158. The maximum atomic E-state index is 13.3. The molecule has 0 amide bonds. The van der Waals surface area contributed by atoms with Crippen LogP contribution in [0.15, 0.2) is 69.7 Å². The lowest BCUT2D eigenvalue weighted by Gasteiger charge is -2.13. The van der Waals surface area contributed by atoms with Gasteiger partial charge in [-0.05, 0) is 42.3 Å². The van der Waals surface area contributed by atoms with Gasteiger partial charge in [0.25, 0.3) is 0 Å². The molecule has 2 aromatic carbocycles. The van der Waals surface area contributed by atoms with E-state index in [-0.39, 0.29) is 17.7 Å². The molecule has 0 aromatic heterocycles. The Hall–Kier alpha value is -2.47. The van der Waals surface area contributed by atoms with Crippen molar-refractivity contribution >= 4 is 22.6 Å². The van der Waals surface area contributed by atoms with Crippen molar-refractivity contribution in [2.75, 3.05) is 0 Å². The maximum Gasteiger partial charge on any atom is 0.189 e. The molecule has 3 nitrogen and oxygen atoms in total. The summed E-state index contributed by atoms with van der Waals surface area (Å²) in [6, 6.07) is 12.5. The lowest BCUT2D eigenvalue weighted by atomic mass is 9.98. The van der Waals surface area contributed by atoms with E-state index in [4.69, 9.17) is 10.1 Å². The van der Waals surface area contributed by atoms with Crippen LogP contribution < -0.4 is 0 Å². The molecule has 0 saturated carbocycles. The van der Waals surface area contributed by atoms with E-state index in [2.05, 4.69) is 0 Å². The van der Waals surface area contributed by atoms with Gasteiger partial charge < -0.3 is 0 Å². The zero-order valence-electron chi connectivity index (χ0n) is 13.5. The van der Waals surface area contributed by atoms with E-state index in [1.807, 2.05) is 17.3 Å². The van der Waals surface area contributed by atoms with E-state index in [9.17, 15) is 8.78 Å². The number of hydrogen-bond acceptors (Lipinski definition) is 4. The van der Waals surface area contributed by atoms with Crippen LogP contribution in [-0.4, -0.2) is 15.9 Å². The number of benzene rings is 2. The van der Waals surface area contributed by atoms with Crippen molar-refractivity contribution in [1.82, 2.24) is 5.01 Å². The van der Waals surface area contributed by atoms with Crippen molar-refractivity contribution in [3.05, 3.63) is 82.4 Å². The zero-order chi connectivity index (χ0) is 17.4. The first-order chi connectivity index (χ1) is 12.1. The van der Waals surface area contributed by atoms with E-state index >= 15 is 0 Å². The maximum absolute atomic E-state index is 13.3. The van der Waals surface area contributed by atoms with Gasteiger partial charge in [-0.25, -0.2) is 13.8 Å². The average Bonchev–Trinajstić information content (AvgIpc) is 2.84. The molecule has 6 heteroatoms. The van der Waals surface area contributed by atoms with Gasteiger partial charge in [-0.2, -0.15) is 5.10 Å². The predicted molar refractivity (Wildman–Crippen MR) is 97.3 cm³/mol. The molecule has 0 radical (unpaired) electrons. The minimum absolute atomic E-state index is 0.170. The smallest absolute Gasteiger partial charge is 0.189 e. The van der Waals surface area contributed by atoms with Gasteiger partial charge in [-0.3, -0.25) is 4.99 Å². The van der Waals surface area contributed by atoms with E-state index in [0.717, 1.165) is 27.7 Å². The molecule has 0 bridgehead atoms. The summed E-state index contributed by atoms with van der Waals surface area (Å²) in [5.74, 6) is -0.551. The summed E-state index contributed by atoms with van der Waals surface area (Å²) >= 11 is 1.52. The van der Waals surface area contributed by atoms with Crippen LogP contribution in [0.5, 0.6) is 0 Å². The fourth-order valence-corrected chi connectivity index (χ4v) is 3.66. The Bertz CT molecular complexity index is 886. The van der Waals surface area contributed by atoms with Crippen LogP contribution in [-0.2, 0) is 0 Å². The highest BCUT2D eigenvalue weighted by atomic mass is 32.2. The number of halogens is 2. The van der Waals surface area contributed by atoms with Crippen molar-refractivity contribution in [2.45, 2.75) is 19.4 Å². The normalized spacial score (nSPS) is 19.7. The molecule has 2 heterocycles. The lowest BCUT2D eigenvalue weighted by molar-refractivity contribution is 0.569. The van der Waals surface area contributed by atoms with Gasteiger partial charge in [0.2, 0.25) is 0 Å². The second-order valence-electron chi connectivity index (χ2n) is 5.93. The first kappa shape index (κ1) is 16.0. The van der Waals surface area contributed by atoms with Crippen molar-refractivity contribution in [1.29, 1.82) is 0 Å². The summed E-state index contributed by atoms with van der Waals surface area (Å²) in [5, 5.41) is 9.35. The average molecular weight is 355 g/mol. The summed E-state index contributed by atoms with van der Waals surface area (Å²) < 4.78 is 26.5. The topological polar surface area (TPSA) is 28.0 Å². The van der Waals surface area contributed by atoms with Gasteiger partial charge in [-0.1, -0.05) is 36.0 Å². The molecule has 0 fully saturated rings. The fourth-order valence-electron chi connectivity index (χ4n) is 2.81. The number of aliphatic imine (C=N–C) groups is 1. The Morgan fingerprint density at radius 2 is 1.64 bits per heavy atom. The number of amidine groups is 1. The summed E-state index contributed by atoms with van der Waals surface area (Å²) in [7, 11) is 0. The molecule has 126 valence electrons. The molecule has 1 atom stereocenters. The van der Waals surface area contributed by atoms with Crippen LogP contribution in [0.2, 0.25) is 0 Å². The molecule has 0 saturated heterocycles. The van der Waals surface area contributed by atoms with Crippen LogP contribution in [0.1, 0.15) is 30.5 Å². The molecule has 2 aliphatic heterocycles. The molecule has 4 rings (SSSR count). The van der Waals surface area contributed by atoms with Gasteiger partial charge >= 0.3 is 0 Å². The molecule has 1 unspecified atom stereocenters. The number of fused-ring (bicyclic) bond motifs is 1. The second-order valence-corrected chi connectivity index (χ2v) is 6.76. The van der Waals surface area contributed by atoms with E-state index in [1.54, 1.807) is 24.3 Å².